The quantitative estimate of drug-likeness (QED) is 0.855. The zero-order valence-electron chi connectivity index (χ0n) is 9.47. The number of pyridine rings is 1. The van der Waals surface area contributed by atoms with Crippen LogP contribution in [0, 0.1) is 0 Å². The molecule has 0 bridgehead atoms. The van der Waals surface area contributed by atoms with Crippen LogP contribution in [0.1, 0.15) is 15.9 Å². The van der Waals surface area contributed by atoms with Gasteiger partial charge in [-0.25, -0.2) is 0 Å². The summed E-state index contributed by atoms with van der Waals surface area (Å²) in [5, 5.41) is 0.354. The topological polar surface area (TPSA) is 65.1 Å². The second-order valence-electron chi connectivity index (χ2n) is 3.84. The highest BCUT2D eigenvalue weighted by atomic mass is 35.5. The number of hydrogen-bond acceptors (Lipinski definition) is 2. The van der Waals surface area contributed by atoms with E-state index in [0.717, 1.165) is 5.56 Å². The first-order chi connectivity index (χ1) is 8.58. The van der Waals surface area contributed by atoms with Crippen LogP contribution in [0.3, 0.4) is 0 Å². The summed E-state index contributed by atoms with van der Waals surface area (Å²) in [6.45, 7) is 0.305. The van der Waals surface area contributed by atoms with Gasteiger partial charge >= 0.3 is 0 Å². The molecule has 0 atom stereocenters. The highest BCUT2D eigenvalue weighted by Crippen LogP contribution is 2.10. The Morgan fingerprint density at radius 2 is 1.94 bits per heavy atom. The van der Waals surface area contributed by atoms with Crippen LogP contribution in [0.4, 0.5) is 0 Å². The average molecular weight is 263 g/mol. The molecule has 0 aliphatic carbocycles. The van der Waals surface area contributed by atoms with Crippen molar-refractivity contribution in [2.24, 2.45) is 5.73 Å². The molecule has 0 aliphatic heterocycles. The highest BCUT2D eigenvalue weighted by molar-refractivity contribution is 6.29. The highest BCUT2D eigenvalue weighted by Gasteiger charge is 2.05. The lowest BCUT2D eigenvalue weighted by Gasteiger charge is -2.08. The van der Waals surface area contributed by atoms with E-state index in [0.29, 0.717) is 17.3 Å². The fourth-order valence-electron chi connectivity index (χ4n) is 1.65. The standard InChI is InChI=1S/C13H11ClN2O2/c14-11-5-2-6-12(17)16(11)8-9-3-1-4-10(7-9)13(15)18/h1-7H,8H2,(H2,15,18). The van der Waals surface area contributed by atoms with Crippen LogP contribution in [0.5, 0.6) is 0 Å². The summed E-state index contributed by atoms with van der Waals surface area (Å²) in [7, 11) is 0. The molecule has 2 rings (SSSR count). The van der Waals surface area contributed by atoms with Gasteiger partial charge < -0.3 is 5.73 Å². The van der Waals surface area contributed by atoms with Crippen molar-refractivity contribution in [3.8, 4) is 0 Å². The maximum absolute atomic E-state index is 11.7. The number of halogens is 1. The van der Waals surface area contributed by atoms with E-state index in [1.54, 1.807) is 30.3 Å². The fourth-order valence-corrected chi connectivity index (χ4v) is 1.87. The molecule has 1 amide bonds. The van der Waals surface area contributed by atoms with E-state index in [2.05, 4.69) is 0 Å². The van der Waals surface area contributed by atoms with Crippen molar-refractivity contribution in [1.29, 1.82) is 0 Å². The van der Waals surface area contributed by atoms with E-state index in [1.807, 2.05) is 6.07 Å². The number of primary amides is 1. The second kappa shape index (κ2) is 5.06. The molecule has 0 spiro atoms. The molecular formula is C13H11ClN2O2. The minimum atomic E-state index is -0.497. The Morgan fingerprint density at radius 3 is 2.61 bits per heavy atom. The van der Waals surface area contributed by atoms with Gasteiger partial charge in [0.15, 0.2) is 0 Å². The predicted molar refractivity (Wildman–Crippen MR) is 69.8 cm³/mol. The first-order valence-corrected chi connectivity index (χ1v) is 5.70. The summed E-state index contributed by atoms with van der Waals surface area (Å²) in [4.78, 5) is 22.7. The maximum Gasteiger partial charge on any atom is 0.251 e. The summed E-state index contributed by atoms with van der Waals surface area (Å²) < 4.78 is 1.42. The second-order valence-corrected chi connectivity index (χ2v) is 4.22. The maximum atomic E-state index is 11.7. The van der Waals surface area contributed by atoms with Crippen LogP contribution < -0.4 is 11.3 Å². The summed E-state index contributed by atoms with van der Waals surface area (Å²) in [5.74, 6) is -0.497. The number of benzene rings is 1. The third-order valence-corrected chi connectivity index (χ3v) is 2.88. The van der Waals surface area contributed by atoms with Gasteiger partial charge in [-0.2, -0.15) is 0 Å². The van der Waals surface area contributed by atoms with Crippen LogP contribution in [0.25, 0.3) is 0 Å². The average Bonchev–Trinajstić information content (AvgIpc) is 2.34. The van der Waals surface area contributed by atoms with Crippen molar-refractivity contribution >= 4 is 17.5 Å². The predicted octanol–water partition coefficient (Wildman–Crippen LogP) is 1.65. The molecule has 0 radical (unpaired) electrons. The third kappa shape index (κ3) is 2.60. The molecule has 0 aliphatic rings. The van der Waals surface area contributed by atoms with Gasteiger partial charge in [-0.3, -0.25) is 14.2 Å². The molecule has 5 heteroatoms. The number of carbonyl (C=O) groups excluding carboxylic acids is 1. The number of hydrogen-bond donors (Lipinski definition) is 1. The van der Waals surface area contributed by atoms with Gasteiger partial charge in [-0.15, -0.1) is 0 Å². The summed E-state index contributed by atoms with van der Waals surface area (Å²) in [5.41, 5.74) is 6.22. The van der Waals surface area contributed by atoms with Crippen LogP contribution in [-0.4, -0.2) is 10.5 Å². The zero-order chi connectivity index (χ0) is 13.1. The molecule has 0 unspecified atom stereocenters. The van der Waals surface area contributed by atoms with E-state index in [-0.39, 0.29) is 5.56 Å². The Balaban J connectivity index is 2.37. The van der Waals surface area contributed by atoms with Gasteiger partial charge in [-0.05, 0) is 23.8 Å². The van der Waals surface area contributed by atoms with Crippen molar-refractivity contribution < 1.29 is 4.79 Å². The Hall–Kier alpha value is -2.07. The van der Waals surface area contributed by atoms with Gasteiger partial charge in [0.2, 0.25) is 5.91 Å². The Kier molecular flexibility index (Phi) is 3.48. The molecule has 1 aromatic carbocycles. The van der Waals surface area contributed by atoms with Gasteiger partial charge in [0.05, 0.1) is 6.54 Å². The van der Waals surface area contributed by atoms with Gasteiger partial charge in [0.25, 0.3) is 5.56 Å². The number of aromatic nitrogens is 1. The van der Waals surface area contributed by atoms with Crippen LogP contribution in [0.2, 0.25) is 5.15 Å². The largest absolute Gasteiger partial charge is 0.366 e. The molecule has 2 N–H and O–H groups in total. The monoisotopic (exact) mass is 262 g/mol. The lowest BCUT2D eigenvalue weighted by Crippen LogP contribution is -2.20. The van der Waals surface area contributed by atoms with Gasteiger partial charge in [0, 0.05) is 11.6 Å². The Bertz CT molecular complexity index is 649. The molecule has 18 heavy (non-hydrogen) atoms. The first kappa shape index (κ1) is 12.4. The number of amides is 1. The molecule has 0 fully saturated rings. The lowest BCUT2D eigenvalue weighted by atomic mass is 10.1. The summed E-state index contributed by atoms with van der Waals surface area (Å²) in [6.07, 6.45) is 0. The number of nitrogens with zero attached hydrogens (tertiary/aromatic N) is 1. The van der Waals surface area contributed by atoms with Crippen molar-refractivity contribution in [2.75, 3.05) is 0 Å². The molecule has 1 heterocycles. The minimum Gasteiger partial charge on any atom is -0.366 e. The molecule has 92 valence electrons. The van der Waals surface area contributed by atoms with Crippen molar-refractivity contribution in [1.82, 2.24) is 4.57 Å². The van der Waals surface area contributed by atoms with Gasteiger partial charge in [0.1, 0.15) is 5.15 Å². The van der Waals surface area contributed by atoms with Crippen LogP contribution >= 0.6 is 11.6 Å². The third-order valence-electron chi connectivity index (χ3n) is 2.55. The van der Waals surface area contributed by atoms with Crippen molar-refractivity contribution in [2.45, 2.75) is 6.54 Å². The van der Waals surface area contributed by atoms with E-state index in [9.17, 15) is 9.59 Å². The molecule has 0 saturated heterocycles. The van der Waals surface area contributed by atoms with E-state index in [1.165, 1.54) is 10.6 Å². The smallest absolute Gasteiger partial charge is 0.251 e. The summed E-state index contributed by atoms with van der Waals surface area (Å²) in [6, 6.07) is 11.5. The first-order valence-electron chi connectivity index (χ1n) is 5.32. The summed E-state index contributed by atoms with van der Waals surface area (Å²) >= 11 is 5.95. The molecule has 0 saturated carbocycles. The zero-order valence-corrected chi connectivity index (χ0v) is 10.2. The van der Waals surface area contributed by atoms with Gasteiger partial charge in [-0.1, -0.05) is 29.8 Å². The van der Waals surface area contributed by atoms with Crippen LogP contribution in [0.15, 0.2) is 47.3 Å². The van der Waals surface area contributed by atoms with Crippen molar-refractivity contribution in [3.63, 3.8) is 0 Å². The lowest BCUT2D eigenvalue weighted by molar-refractivity contribution is 0.1000. The molecule has 2 aromatic rings. The van der Waals surface area contributed by atoms with E-state index >= 15 is 0 Å². The molecular weight excluding hydrogens is 252 g/mol. The van der Waals surface area contributed by atoms with E-state index < -0.39 is 5.91 Å². The van der Waals surface area contributed by atoms with Crippen LogP contribution in [-0.2, 0) is 6.54 Å². The van der Waals surface area contributed by atoms with E-state index in [4.69, 9.17) is 17.3 Å². The number of nitrogens with two attached hydrogens (primary N) is 1. The molecule has 4 nitrogen and oxygen atoms in total. The number of rotatable bonds is 3. The number of carbonyl (C=O) groups is 1. The minimum absolute atomic E-state index is 0.188. The van der Waals surface area contributed by atoms with Crippen molar-refractivity contribution in [3.05, 3.63) is 69.1 Å². The fraction of sp³-hybridized carbons (Fsp3) is 0.0769. The normalized spacial score (nSPS) is 10.3. The Labute approximate surface area is 109 Å². The Morgan fingerprint density at radius 1 is 1.22 bits per heavy atom. The SMILES string of the molecule is NC(=O)c1cccc(Cn2c(Cl)cccc2=O)c1. The molecule has 1 aromatic heterocycles.